The summed E-state index contributed by atoms with van der Waals surface area (Å²) in [6.45, 7) is 3.77. The van der Waals surface area contributed by atoms with Crippen LogP contribution in [0.15, 0.2) is 54.6 Å². The summed E-state index contributed by atoms with van der Waals surface area (Å²) in [5.41, 5.74) is 3.45. The van der Waals surface area contributed by atoms with Crippen LogP contribution < -0.4 is 4.74 Å². The molecule has 138 valence electrons. The van der Waals surface area contributed by atoms with E-state index in [0.29, 0.717) is 22.4 Å². The fraction of sp³-hybridized carbons (Fsp3) is 0.182. The highest BCUT2D eigenvalue weighted by atomic mass is 19.1. The molecule has 3 aromatic rings. The van der Waals surface area contributed by atoms with Crippen molar-refractivity contribution >= 4 is 11.6 Å². The summed E-state index contributed by atoms with van der Waals surface area (Å²) in [4.78, 5) is 24.7. The van der Waals surface area contributed by atoms with Gasteiger partial charge >= 0.3 is 0 Å². The van der Waals surface area contributed by atoms with E-state index in [4.69, 9.17) is 4.74 Å². The Bertz CT molecular complexity index is 986. The number of ketones is 2. The number of halogens is 1. The van der Waals surface area contributed by atoms with Crippen LogP contribution >= 0.6 is 0 Å². The summed E-state index contributed by atoms with van der Waals surface area (Å²) in [6, 6.07) is 13.8. The summed E-state index contributed by atoms with van der Waals surface area (Å²) in [6.07, 6.45) is 0. The molecule has 0 radical (unpaired) electrons. The van der Waals surface area contributed by atoms with E-state index in [2.05, 4.69) is 0 Å². The van der Waals surface area contributed by atoms with Crippen LogP contribution in [0.3, 0.4) is 0 Å². The third kappa shape index (κ3) is 3.97. The standard InChI is InChI=1S/C22H20FNO3/c1-14-12-20(15(2)24(14)3)21(25)13-27-19-10-6-17(7-11-19)22(26)16-4-8-18(23)9-5-16/h4-12H,13H2,1-3H3. The van der Waals surface area contributed by atoms with Crippen molar-refractivity contribution in [3.8, 4) is 5.75 Å². The molecule has 0 N–H and O–H groups in total. The van der Waals surface area contributed by atoms with Gasteiger partial charge < -0.3 is 9.30 Å². The zero-order valence-electron chi connectivity index (χ0n) is 15.5. The Kier molecular flexibility index (Phi) is 5.21. The highest BCUT2D eigenvalue weighted by molar-refractivity contribution is 6.09. The number of ether oxygens (including phenoxy) is 1. The average Bonchev–Trinajstić information content (AvgIpc) is 2.94. The first-order valence-electron chi connectivity index (χ1n) is 8.56. The van der Waals surface area contributed by atoms with E-state index < -0.39 is 0 Å². The van der Waals surface area contributed by atoms with Crippen molar-refractivity contribution in [3.05, 3.63) is 88.5 Å². The van der Waals surface area contributed by atoms with Crippen LogP contribution in [0, 0.1) is 19.7 Å². The number of hydrogen-bond donors (Lipinski definition) is 0. The molecule has 0 saturated heterocycles. The molecule has 0 unspecified atom stereocenters. The number of Topliss-reactive ketones (excluding diaryl/α,β-unsaturated/α-hetero) is 1. The van der Waals surface area contributed by atoms with Crippen molar-refractivity contribution in [2.24, 2.45) is 7.05 Å². The monoisotopic (exact) mass is 365 g/mol. The molecule has 1 heterocycles. The van der Waals surface area contributed by atoms with Crippen molar-refractivity contribution in [2.45, 2.75) is 13.8 Å². The van der Waals surface area contributed by atoms with Gasteiger partial charge in [-0.15, -0.1) is 0 Å². The van der Waals surface area contributed by atoms with Gasteiger partial charge in [0, 0.05) is 35.1 Å². The van der Waals surface area contributed by atoms with E-state index >= 15 is 0 Å². The molecule has 5 heteroatoms. The third-order valence-corrected chi connectivity index (χ3v) is 4.67. The lowest BCUT2D eigenvalue weighted by Gasteiger charge is -2.07. The van der Waals surface area contributed by atoms with Gasteiger partial charge in [0.1, 0.15) is 11.6 Å². The molecule has 0 spiro atoms. The van der Waals surface area contributed by atoms with Crippen LogP contribution in [0.1, 0.15) is 37.7 Å². The molecule has 0 atom stereocenters. The van der Waals surface area contributed by atoms with Crippen LogP contribution in [-0.4, -0.2) is 22.7 Å². The molecule has 0 bridgehead atoms. The van der Waals surface area contributed by atoms with E-state index in [0.717, 1.165) is 11.4 Å². The highest BCUT2D eigenvalue weighted by Gasteiger charge is 2.15. The molecule has 3 rings (SSSR count). The van der Waals surface area contributed by atoms with E-state index in [-0.39, 0.29) is 24.0 Å². The molecule has 4 nitrogen and oxygen atoms in total. The Labute approximate surface area is 157 Å². The van der Waals surface area contributed by atoms with Gasteiger partial charge in [-0.1, -0.05) is 0 Å². The second-order valence-electron chi connectivity index (χ2n) is 6.42. The van der Waals surface area contributed by atoms with Gasteiger partial charge in [0.2, 0.25) is 5.78 Å². The Balaban J connectivity index is 1.65. The fourth-order valence-corrected chi connectivity index (χ4v) is 2.83. The number of nitrogens with zero attached hydrogens (tertiary/aromatic N) is 1. The van der Waals surface area contributed by atoms with Gasteiger partial charge in [-0.25, -0.2) is 4.39 Å². The highest BCUT2D eigenvalue weighted by Crippen LogP contribution is 2.18. The maximum atomic E-state index is 13.0. The van der Waals surface area contributed by atoms with Gasteiger partial charge in [0.15, 0.2) is 12.4 Å². The maximum absolute atomic E-state index is 13.0. The zero-order chi connectivity index (χ0) is 19.6. The van der Waals surface area contributed by atoms with Crippen molar-refractivity contribution in [3.63, 3.8) is 0 Å². The lowest BCUT2D eigenvalue weighted by atomic mass is 10.0. The van der Waals surface area contributed by atoms with Crippen LogP contribution in [0.4, 0.5) is 4.39 Å². The number of benzene rings is 2. The van der Waals surface area contributed by atoms with Gasteiger partial charge in [0.25, 0.3) is 0 Å². The second-order valence-corrected chi connectivity index (χ2v) is 6.42. The maximum Gasteiger partial charge on any atom is 0.202 e. The van der Waals surface area contributed by atoms with E-state index in [1.54, 1.807) is 24.3 Å². The second kappa shape index (κ2) is 7.58. The lowest BCUT2D eigenvalue weighted by Crippen LogP contribution is -2.12. The van der Waals surface area contributed by atoms with E-state index in [1.807, 2.05) is 31.5 Å². The molecule has 0 aliphatic carbocycles. The average molecular weight is 365 g/mol. The van der Waals surface area contributed by atoms with Crippen molar-refractivity contribution in [1.29, 1.82) is 0 Å². The van der Waals surface area contributed by atoms with Crippen LogP contribution in [0.5, 0.6) is 5.75 Å². The van der Waals surface area contributed by atoms with Gasteiger partial charge in [0.05, 0.1) is 0 Å². The molecular formula is C22H20FNO3. The summed E-state index contributed by atoms with van der Waals surface area (Å²) >= 11 is 0. The molecule has 0 aliphatic rings. The topological polar surface area (TPSA) is 48.3 Å². The number of aryl methyl sites for hydroxylation is 1. The van der Waals surface area contributed by atoms with Crippen molar-refractivity contribution < 1.29 is 18.7 Å². The van der Waals surface area contributed by atoms with Crippen molar-refractivity contribution in [2.75, 3.05) is 6.61 Å². The quantitative estimate of drug-likeness (QED) is 0.613. The lowest BCUT2D eigenvalue weighted by molar-refractivity contribution is 0.0920. The first-order valence-corrected chi connectivity index (χ1v) is 8.56. The predicted molar refractivity (Wildman–Crippen MR) is 101 cm³/mol. The van der Waals surface area contributed by atoms with Gasteiger partial charge in [-0.2, -0.15) is 0 Å². The first kappa shape index (κ1) is 18.6. The minimum Gasteiger partial charge on any atom is -0.485 e. The Morgan fingerprint density at radius 1 is 0.963 bits per heavy atom. The molecule has 0 amide bonds. The Hall–Kier alpha value is -3.21. The summed E-state index contributed by atoms with van der Waals surface area (Å²) in [5.74, 6) is -0.177. The summed E-state index contributed by atoms with van der Waals surface area (Å²) < 4.78 is 20.5. The van der Waals surface area contributed by atoms with E-state index in [1.165, 1.54) is 24.3 Å². The molecule has 0 saturated carbocycles. The Morgan fingerprint density at radius 3 is 2.04 bits per heavy atom. The first-order chi connectivity index (χ1) is 12.9. The van der Waals surface area contributed by atoms with E-state index in [9.17, 15) is 14.0 Å². The molecule has 0 fully saturated rings. The predicted octanol–water partition coefficient (Wildman–Crippen LogP) is 4.27. The van der Waals surface area contributed by atoms with Gasteiger partial charge in [-0.05, 0) is 68.4 Å². The summed E-state index contributed by atoms with van der Waals surface area (Å²) in [5, 5.41) is 0. The summed E-state index contributed by atoms with van der Waals surface area (Å²) in [7, 11) is 1.92. The fourth-order valence-electron chi connectivity index (χ4n) is 2.83. The third-order valence-electron chi connectivity index (χ3n) is 4.67. The minimum absolute atomic E-state index is 0.0739. The number of hydrogen-bond acceptors (Lipinski definition) is 3. The largest absolute Gasteiger partial charge is 0.485 e. The molecule has 27 heavy (non-hydrogen) atoms. The molecular weight excluding hydrogens is 345 g/mol. The molecule has 0 aliphatic heterocycles. The number of carbonyl (C=O) groups is 2. The normalized spacial score (nSPS) is 10.7. The number of rotatable bonds is 6. The van der Waals surface area contributed by atoms with Crippen LogP contribution in [-0.2, 0) is 7.05 Å². The zero-order valence-corrected chi connectivity index (χ0v) is 15.5. The number of aromatic nitrogens is 1. The van der Waals surface area contributed by atoms with Crippen LogP contribution in [0.2, 0.25) is 0 Å². The molecule has 1 aromatic heterocycles. The SMILES string of the molecule is Cc1cc(C(=O)COc2ccc(C(=O)c3ccc(F)cc3)cc2)c(C)n1C. The Morgan fingerprint density at radius 2 is 1.52 bits per heavy atom. The van der Waals surface area contributed by atoms with Gasteiger partial charge in [-0.3, -0.25) is 9.59 Å². The van der Waals surface area contributed by atoms with Crippen LogP contribution in [0.25, 0.3) is 0 Å². The molecule has 2 aromatic carbocycles. The van der Waals surface area contributed by atoms with Crippen molar-refractivity contribution in [1.82, 2.24) is 4.57 Å². The number of carbonyl (C=O) groups excluding carboxylic acids is 2. The minimum atomic E-state index is -0.385. The smallest absolute Gasteiger partial charge is 0.202 e.